The Labute approximate surface area is 112 Å². The first kappa shape index (κ1) is 14.6. The van der Waals surface area contributed by atoms with E-state index in [0.29, 0.717) is 22.0 Å². The van der Waals surface area contributed by atoms with Crippen LogP contribution in [0.5, 0.6) is 0 Å². The van der Waals surface area contributed by atoms with Crippen LogP contribution in [0, 0.1) is 0 Å². The molecular formula is C13H19ClN2O2. The SMILES string of the molecule is CCC(CC)Nc1c(Cl)cc(N)cc1C(=O)OC. The Balaban J connectivity index is 3.19. The lowest BCUT2D eigenvalue weighted by Crippen LogP contribution is -2.20. The van der Waals surface area contributed by atoms with Crippen LogP contribution in [0.15, 0.2) is 12.1 Å². The van der Waals surface area contributed by atoms with Crippen LogP contribution in [0.3, 0.4) is 0 Å². The normalized spacial score (nSPS) is 10.5. The van der Waals surface area contributed by atoms with Crippen molar-refractivity contribution in [2.75, 3.05) is 18.2 Å². The summed E-state index contributed by atoms with van der Waals surface area (Å²) in [5.74, 6) is -0.447. The van der Waals surface area contributed by atoms with Gasteiger partial charge in [-0.3, -0.25) is 0 Å². The first-order chi connectivity index (χ1) is 8.53. The maximum Gasteiger partial charge on any atom is 0.340 e. The zero-order valence-electron chi connectivity index (χ0n) is 10.9. The Kier molecular flexibility index (Phi) is 5.28. The van der Waals surface area contributed by atoms with E-state index < -0.39 is 5.97 Å². The summed E-state index contributed by atoms with van der Waals surface area (Å²) >= 11 is 6.14. The molecular weight excluding hydrogens is 252 g/mol. The van der Waals surface area contributed by atoms with Gasteiger partial charge in [-0.2, -0.15) is 0 Å². The van der Waals surface area contributed by atoms with E-state index in [-0.39, 0.29) is 6.04 Å². The summed E-state index contributed by atoms with van der Waals surface area (Å²) in [6.07, 6.45) is 1.88. The molecule has 0 amide bonds. The summed E-state index contributed by atoms with van der Waals surface area (Å²) in [6.45, 7) is 4.15. The summed E-state index contributed by atoms with van der Waals surface area (Å²) in [5, 5.41) is 3.70. The number of esters is 1. The zero-order chi connectivity index (χ0) is 13.7. The van der Waals surface area contributed by atoms with Gasteiger partial charge in [0.2, 0.25) is 0 Å². The van der Waals surface area contributed by atoms with Crippen molar-refractivity contribution < 1.29 is 9.53 Å². The minimum atomic E-state index is -0.447. The highest BCUT2D eigenvalue weighted by Gasteiger charge is 2.18. The minimum Gasteiger partial charge on any atom is -0.465 e. The van der Waals surface area contributed by atoms with E-state index >= 15 is 0 Å². The number of benzene rings is 1. The molecule has 1 rings (SSSR count). The van der Waals surface area contributed by atoms with Crippen LogP contribution in [-0.2, 0) is 4.74 Å². The van der Waals surface area contributed by atoms with Crippen molar-refractivity contribution >= 4 is 28.9 Å². The molecule has 0 atom stereocenters. The second-order valence-electron chi connectivity index (χ2n) is 4.07. The van der Waals surface area contributed by atoms with Gasteiger partial charge >= 0.3 is 5.97 Å². The average molecular weight is 271 g/mol. The van der Waals surface area contributed by atoms with Crippen molar-refractivity contribution in [1.29, 1.82) is 0 Å². The van der Waals surface area contributed by atoms with Gasteiger partial charge in [-0.1, -0.05) is 25.4 Å². The number of hydrogen-bond acceptors (Lipinski definition) is 4. The molecule has 1 aromatic carbocycles. The number of nitrogen functional groups attached to an aromatic ring is 1. The van der Waals surface area contributed by atoms with Gasteiger partial charge in [0.1, 0.15) is 0 Å². The van der Waals surface area contributed by atoms with Crippen LogP contribution in [0.25, 0.3) is 0 Å². The van der Waals surface area contributed by atoms with Crippen molar-refractivity contribution in [2.24, 2.45) is 0 Å². The van der Waals surface area contributed by atoms with Gasteiger partial charge in [0.15, 0.2) is 0 Å². The molecule has 3 N–H and O–H groups in total. The van der Waals surface area contributed by atoms with Gasteiger partial charge in [0.25, 0.3) is 0 Å². The Hall–Kier alpha value is -1.42. The number of ether oxygens (including phenoxy) is 1. The van der Waals surface area contributed by atoms with Crippen molar-refractivity contribution in [3.8, 4) is 0 Å². The topological polar surface area (TPSA) is 64.3 Å². The molecule has 0 bridgehead atoms. The number of methoxy groups -OCH3 is 1. The molecule has 0 spiro atoms. The third-order valence-corrected chi connectivity index (χ3v) is 3.15. The highest BCUT2D eigenvalue weighted by Crippen LogP contribution is 2.31. The third-order valence-electron chi connectivity index (χ3n) is 2.85. The van der Waals surface area contributed by atoms with Gasteiger partial charge in [-0.15, -0.1) is 0 Å². The van der Waals surface area contributed by atoms with Crippen LogP contribution >= 0.6 is 11.6 Å². The van der Waals surface area contributed by atoms with Crippen molar-refractivity contribution in [3.63, 3.8) is 0 Å². The van der Waals surface area contributed by atoms with Gasteiger partial charge in [-0.05, 0) is 25.0 Å². The largest absolute Gasteiger partial charge is 0.465 e. The zero-order valence-corrected chi connectivity index (χ0v) is 11.7. The standard InChI is InChI=1S/C13H19ClN2O2/c1-4-9(5-2)16-12-10(13(17)18-3)6-8(15)7-11(12)14/h6-7,9,16H,4-5,15H2,1-3H3. The summed E-state index contributed by atoms with van der Waals surface area (Å²) in [4.78, 5) is 11.7. The van der Waals surface area contributed by atoms with E-state index in [1.165, 1.54) is 7.11 Å². The number of halogens is 1. The molecule has 0 radical (unpaired) electrons. The molecule has 0 aliphatic rings. The Morgan fingerprint density at radius 3 is 2.56 bits per heavy atom. The summed E-state index contributed by atoms with van der Waals surface area (Å²) in [6, 6.07) is 3.45. The van der Waals surface area contributed by atoms with E-state index in [1.807, 2.05) is 0 Å². The van der Waals surface area contributed by atoms with Gasteiger partial charge in [0, 0.05) is 11.7 Å². The maximum atomic E-state index is 11.7. The molecule has 1 aromatic rings. The molecule has 0 fully saturated rings. The number of anilines is 2. The van der Waals surface area contributed by atoms with E-state index in [2.05, 4.69) is 19.2 Å². The van der Waals surface area contributed by atoms with Crippen molar-refractivity contribution in [1.82, 2.24) is 0 Å². The number of rotatable bonds is 5. The second-order valence-corrected chi connectivity index (χ2v) is 4.48. The number of nitrogens with one attached hydrogen (secondary N) is 1. The average Bonchev–Trinajstić information content (AvgIpc) is 2.36. The predicted molar refractivity (Wildman–Crippen MR) is 75.2 cm³/mol. The summed E-state index contributed by atoms with van der Waals surface area (Å²) < 4.78 is 4.74. The highest BCUT2D eigenvalue weighted by atomic mass is 35.5. The van der Waals surface area contributed by atoms with Crippen LogP contribution < -0.4 is 11.1 Å². The van der Waals surface area contributed by atoms with E-state index in [0.717, 1.165) is 12.8 Å². The summed E-state index contributed by atoms with van der Waals surface area (Å²) in [5.41, 5.74) is 7.10. The first-order valence-electron chi connectivity index (χ1n) is 5.97. The van der Waals surface area contributed by atoms with Crippen molar-refractivity contribution in [2.45, 2.75) is 32.7 Å². The lowest BCUT2D eigenvalue weighted by Gasteiger charge is -2.20. The molecule has 0 saturated carbocycles. The fourth-order valence-corrected chi connectivity index (χ4v) is 2.02. The minimum absolute atomic E-state index is 0.259. The molecule has 5 heteroatoms. The molecule has 100 valence electrons. The van der Waals surface area contributed by atoms with E-state index in [4.69, 9.17) is 22.1 Å². The first-order valence-corrected chi connectivity index (χ1v) is 6.35. The van der Waals surface area contributed by atoms with Crippen LogP contribution in [0.4, 0.5) is 11.4 Å². The lowest BCUT2D eigenvalue weighted by atomic mass is 10.1. The predicted octanol–water partition coefficient (Wildman–Crippen LogP) is 3.31. The molecule has 0 aromatic heterocycles. The van der Waals surface area contributed by atoms with Crippen LogP contribution in [-0.4, -0.2) is 19.1 Å². The molecule has 4 nitrogen and oxygen atoms in total. The maximum absolute atomic E-state index is 11.7. The molecule has 0 aliphatic carbocycles. The molecule has 0 heterocycles. The number of carbonyl (C=O) groups excluding carboxylic acids is 1. The monoisotopic (exact) mass is 270 g/mol. The number of nitrogens with two attached hydrogens (primary N) is 1. The highest BCUT2D eigenvalue weighted by molar-refractivity contribution is 6.34. The lowest BCUT2D eigenvalue weighted by molar-refractivity contribution is 0.0602. The molecule has 0 aliphatic heterocycles. The molecule has 18 heavy (non-hydrogen) atoms. The van der Waals surface area contributed by atoms with Gasteiger partial charge in [-0.25, -0.2) is 4.79 Å². The molecule has 0 unspecified atom stereocenters. The van der Waals surface area contributed by atoms with Crippen LogP contribution in [0.2, 0.25) is 5.02 Å². The smallest absolute Gasteiger partial charge is 0.340 e. The quantitative estimate of drug-likeness (QED) is 0.636. The fraction of sp³-hybridized carbons (Fsp3) is 0.462. The summed E-state index contributed by atoms with van der Waals surface area (Å²) in [7, 11) is 1.33. The molecule has 0 saturated heterocycles. The second kappa shape index (κ2) is 6.50. The van der Waals surface area contributed by atoms with Gasteiger partial charge in [0.05, 0.1) is 23.4 Å². The number of hydrogen-bond donors (Lipinski definition) is 2. The fourth-order valence-electron chi connectivity index (χ4n) is 1.74. The van der Waals surface area contributed by atoms with Crippen molar-refractivity contribution in [3.05, 3.63) is 22.7 Å². The van der Waals surface area contributed by atoms with E-state index in [9.17, 15) is 4.79 Å². The Morgan fingerprint density at radius 1 is 1.44 bits per heavy atom. The third kappa shape index (κ3) is 3.29. The van der Waals surface area contributed by atoms with Gasteiger partial charge < -0.3 is 15.8 Å². The van der Waals surface area contributed by atoms with E-state index in [1.54, 1.807) is 12.1 Å². The Bertz CT molecular complexity index is 431. The number of carbonyl (C=O) groups is 1. The Morgan fingerprint density at radius 2 is 2.06 bits per heavy atom. The van der Waals surface area contributed by atoms with Crippen LogP contribution in [0.1, 0.15) is 37.0 Å².